The van der Waals surface area contributed by atoms with Crippen LogP contribution in [0.25, 0.3) is 6.08 Å². The predicted molar refractivity (Wildman–Crippen MR) is 105 cm³/mol. The highest BCUT2D eigenvalue weighted by molar-refractivity contribution is 5.91. The Morgan fingerprint density at radius 1 is 1.22 bits per heavy atom. The fourth-order valence-corrected chi connectivity index (χ4v) is 3.22. The lowest BCUT2D eigenvalue weighted by molar-refractivity contribution is -0.116. The number of ether oxygens (including phenoxy) is 1. The number of amides is 1. The van der Waals surface area contributed by atoms with Crippen LogP contribution in [0.2, 0.25) is 0 Å². The number of nitrogens with one attached hydrogen (secondary N) is 1. The first-order valence-corrected chi connectivity index (χ1v) is 9.81. The van der Waals surface area contributed by atoms with Gasteiger partial charge in [-0.15, -0.1) is 5.10 Å². The Balaban J connectivity index is 1.32. The Bertz CT molecular complexity index is 721. The molecule has 0 spiro atoms. The van der Waals surface area contributed by atoms with Gasteiger partial charge >= 0.3 is 0 Å². The number of carbonyl (C=O) groups excluding carboxylic acids is 1. The van der Waals surface area contributed by atoms with E-state index in [-0.39, 0.29) is 5.91 Å². The van der Waals surface area contributed by atoms with E-state index in [1.807, 2.05) is 36.5 Å². The van der Waals surface area contributed by atoms with Crippen molar-refractivity contribution in [2.45, 2.75) is 51.2 Å². The minimum Gasteiger partial charge on any atom is -0.378 e. The number of carbonyl (C=O) groups is 1. The first kappa shape index (κ1) is 19.3. The second-order valence-electron chi connectivity index (χ2n) is 6.94. The normalized spacial score (nSPS) is 15.3. The maximum absolute atomic E-state index is 11.9. The molecular weight excluding hydrogens is 340 g/mol. The molecular formula is C21H28N4O2. The molecule has 1 fully saturated rings. The lowest BCUT2D eigenvalue weighted by atomic mass is 9.98. The van der Waals surface area contributed by atoms with Crippen molar-refractivity contribution >= 4 is 12.0 Å². The number of benzene rings is 1. The van der Waals surface area contributed by atoms with Crippen molar-refractivity contribution in [3.8, 4) is 0 Å². The topological polar surface area (TPSA) is 69.0 Å². The van der Waals surface area contributed by atoms with Crippen LogP contribution in [0.4, 0.5) is 0 Å². The van der Waals surface area contributed by atoms with Crippen molar-refractivity contribution in [1.29, 1.82) is 0 Å². The molecule has 1 aromatic heterocycles. The summed E-state index contributed by atoms with van der Waals surface area (Å²) < 4.78 is 7.61. The molecule has 3 rings (SSSR count). The van der Waals surface area contributed by atoms with Crippen LogP contribution in [0.1, 0.15) is 49.8 Å². The predicted octanol–water partition coefficient (Wildman–Crippen LogP) is 3.20. The molecule has 1 saturated carbocycles. The summed E-state index contributed by atoms with van der Waals surface area (Å²) in [5.74, 6) is -0.120. The number of hydrogen-bond acceptors (Lipinski definition) is 4. The summed E-state index contributed by atoms with van der Waals surface area (Å²) in [6, 6.07) is 10.1. The summed E-state index contributed by atoms with van der Waals surface area (Å²) in [5.41, 5.74) is 1.83. The molecule has 1 aromatic carbocycles. The van der Waals surface area contributed by atoms with Crippen molar-refractivity contribution in [1.82, 2.24) is 20.3 Å². The van der Waals surface area contributed by atoms with Crippen LogP contribution < -0.4 is 5.32 Å². The average Bonchev–Trinajstić information content (AvgIpc) is 3.15. The zero-order valence-corrected chi connectivity index (χ0v) is 15.7. The highest BCUT2D eigenvalue weighted by Crippen LogP contribution is 2.20. The molecule has 144 valence electrons. The van der Waals surface area contributed by atoms with Crippen molar-refractivity contribution < 1.29 is 9.53 Å². The Morgan fingerprint density at radius 3 is 2.85 bits per heavy atom. The number of aromatic nitrogens is 3. The molecule has 1 amide bonds. The summed E-state index contributed by atoms with van der Waals surface area (Å²) in [6.45, 7) is 1.99. The van der Waals surface area contributed by atoms with E-state index < -0.39 is 0 Å². The molecule has 0 radical (unpaired) electrons. The minimum absolute atomic E-state index is 0.120. The molecule has 0 saturated heterocycles. The van der Waals surface area contributed by atoms with E-state index in [1.165, 1.54) is 38.2 Å². The van der Waals surface area contributed by atoms with Crippen molar-refractivity contribution in [3.63, 3.8) is 0 Å². The standard InChI is InChI=1S/C21H28N4O2/c26-21(22-14-7-15-27-20-10-5-2-6-11-20)13-12-19-17-25(24-23-19)16-18-8-3-1-4-9-18/h1,3-4,8-9,12-13,17,20H,2,5-7,10-11,14-16H2,(H,22,26)/b13-12+. The fourth-order valence-electron chi connectivity index (χ4n) is 3.22. The average molecular weight is 368 g/mol. The molecule has 1 aliphatic carbocycles. The highest BCUT2D eigenvalue weighted by atomic mass is 16.5. The summed E-state index contributed by atoms with van der Waals surface area (Å²) in [4.78, 5) is 11.9. The molecule has 2 aromatic rings. The molecule has 6 nitrogen and oxygen atoms in total. The Morgan fingerprint density at radius 2 is 2.04 bits per heavy atom. The minimum atomic E-state index is -0.120. The Labute approximate surface area is 160 Å². The van der Waals surface area contributed by atoms with Gasteiger partial charge in [-0.3, -0.25) is 4.79 Å². The molecule has 27 heavy (non-hydrogen) atoms. The monoisotopic (exact) mass is 368 g/mol. The van der Waals surface area contributed by atoms with Gasteiger partial charge in [0.05, 0.1) is 18.8 Å². The third kappa shape index (κ3) is 6.98. The highest BCUT2D eigenvalue weighted by Gasteiger charge is 2.12. The molecule has 0 aliphatic heterocycles. The maximum Gasteiger partial charge on any atom is 0.244 e. The van der Waals surface area contributed by atoms with Crippen molar-refractivity contribution in [2.24, 2.45) is 0 Å². The molecule has 6 heteroatoms. The zero-order valence-electron chi connectivity index (χ0n) is 15.7. The van der Waals surface area contributed by atoms with Gasteiger partial charge in [0.1, 0.15) is 5.69 Å². The van der Waals surface area contributed by atoms with Gasteiger partial charge in [-0.05, 0) is 30.9 Å². The molecule has 0 bridgehead atoms. The van der Waals surface area contributed by atoms with Gasteiger partial charge in [-0.25, -0.2) is 4.68 Å². The van der Waals surface area contributed by atoms with Gasteiger partial charge < -0.3 is 10.1 Å². The van der Waals surface area contributed by atoms with Crippen LogP contribution in [0, 0.1) is 0 Å². The van der Waals surface area contributed by atoms with Gasteiger partial charge in [0.25, 0.3) is 0 Å². The van der Waals surface area contributed by atoms with Crippen LogP contribution in [-0.2, 0) is 16.1 Å². The largest absolute Gasteiger partial charge is 0.378 e. The van der Waals surface area contributed by atoms with Gasteiger partial charge in [0, 0.05) is 19.2 Å². The molecule has 1 N–H and O–H groups in total. The number of nitrogens with zero attached hydrogens (tertiary/aromatic N) is 3. The van der Waals surface area contributed by atoms with E-state index in [2.05, 4.69) is 15.6 Å². The summed E-state index contributed by atoms with van der Waals surface area (Å²) in [7, 11) is 0. The smallest absolute Gasteiger partial charge is 0.244 e. The number of rotatable bonds is 9. The Kier molecular flexibility index (Phi) is 7.59. The lowest BCUT2D eigenvalue weighted by Crippen LogP contribution is -2.24. The third-order valence-electron chi connectivity index (χ3n) is 4.68. The maximum atomic E-state index is 11.9. The summed E-state index contributed by atoms with van der Waals surface area (Å²) >= 11 is 0. The van der Waals surface area contributed by atoms with Gasteiger partial charge in [0.15, 0.2) is 0 Å². The fraction of sp³-hybridized carbons (Fsp3) is 0.476. The first-order valence-electron chi connectivity index (χ1n) is 9.81. The van der Waals surface area contributed by atoms with Gasteiger partial charge in [-0.2, -0.15) is 0 Å². The van der Waals surface area contributed by atoms with E-state index in [9.17, 15) is 4.79 Å². The Hall–Kier alpha value is -2.47. The van der Waals surface area contributed by atoms with Crippen molar-refractivity contribution in [2.75, 3.05) is 13.2 Å². The molecule has 1 heterocycles. The van der Waals surface area contributed by atoms with Crippen LogP contribution >= 0.6 is 0 Å². The van der Waals surface area contributed by atoms with Crippen LogP contribution in [0.3, 0.4) is 0 Å². The second kappa shape index (κ2) is 10.6. The van der Waals surface area contributed by atoms with E-state index in [0.717, 1.165) is 12.0 Å². The zero-order chi connectivity index (χ0) is 18.7. The lowest BCUT2D eigenvalue weighted by Gasteiger charge is -2.21. The van der Waals surface area contributed by atoms with Crippen molar-refractivity contribution in [3.05, 3.63) is 53.9 Å². The molecule has 0 atom stereocenters. The first-order chi connectivity index (χ1) is 13.3. The van der Waals surface area contributed by atoms with Crippen LogP contribution in [0.5, 0.6) is 0 Å². The quantitative estimate of drug-likeness (QED) is 0.545. The molecule has 1 aliphatic rings. The van der Waals surface area contributed by atoms with E-state index >= 15 is 0 Å². The third-order valence-corrected chi connectivity index (χ3v) is 4.68. The molecule has 0 unspecified atom stereocenters. The SMILES string of the molecule is O=C(/C=C/c1cn(Cc2ccccc2)nn1)NCCCOC1CCCCC1. The van der Waals surface area contributed by atoms with Crippen LogP contribution in [0.15, 0.2) is 42.6 Å². The number of hydrogen-bond donors (Lipinski definition) is 1. The van der Waals surface area contributed by atoms with E-state index in [4.69, 9.17) is 4.74 Å². The van der Waals surface area contributed by atoms with Gasteiger partial charge in [0.2, 0.25) is 5.91 Å². The van der Waals surface area contributed by atoms with Gasteiger partial charge in [-0.1, -0.05) is 54.8 Å². The summed E-state index contributed by atoms with van der Waals surface area (Å²) in [5, 5.41) is 11.0. The second-order valence-corrected chi connectivity index (χ2v) is 6.94. The van der Waals surface area contributed by atoms with E-state index in [0.29, 0.717) is 31.5 Å². The van der Waals surface area contributed by atoms with Crippen LogP contribution in [-0.4, -0.2) is 40.2 Å². The summed E-state index contributed by atoms with van der Waals surface area (Å²) in [6.07, 6.45) is 12.5. The van der Waals surface area contributed by atoms with E-state index in [1.54, 1.807) is 10.8 Å².